The first-order valence-corrected chi connectivity index (χ1v) is 7.56. The number of ether oxygens (including phenoxy) is 1. The Morgan fingerprint density at radius 2 is 1.64 bits per heavy atom. The summed E-state index contributed by atoms with van der Waals surface area (Å²) in [6.45, 7) is 4.21. The van der Waals surface area contributed by atoms with Gasteiger partial charge in [-0.25, -0.2) is 4.39 Å². The Bertz CT molecular complexity index is 821. The summed E-state index contributed by atoms with van der Waals surface area (Å²) in [4.78, 5) is 0. The van der Waals surface area contributed by atoms with E-state index in [-0.39, 0.29) is 16.9 Å². The van der Waals surface area contributed by atoms with E-state index in [1.165, 1.54) is 0 Å². The van der Waals surface area contributed by atoms with Crippen LogP contribution in [0.15, 0.2) is 28.7 Å². The number of furan rings is 1. The van der Waals surface area contributed by atoms with Crippen LogP contribution in [-0.2, 0) is 0 Å². The Morgan fingerprint density at radius 1 is 0.955 bits per heavy atom. The van der Waals surface area contributed by atoms with Crippen LogP contribution >= 0.6 is 0 Å². The molecule has 3 aromatic rings. The maximum absolute atomic E-state index is 14.5. The van der Waals surface area contributed by atoms with Crippen molar-refractivity contribution >= 4 is 21.9 Å². The van der Waals surface area contributed by atoms with E-state index < -0.39 is 11.6 Å². The molecular weight excluding hydrogens is 286 g/mol. The summed E-state index contributed by atoms with van der Waals surface area (Å²) in [7, 11) is 0. The van der Waals surface area contributed by atoms with Gasteiger partial charge in [0.15, 0.2) is 22.7 Å². The highest BCUT2D eigenvalue weighted by Gasteiger charge is 2.18. The number of benzene rings is 2. The SMILES string of the molecule is CCCCCOc1ccc2c(oc3c(F)c(C)ccc32)c1F. The molecule has 0 saturated heterocycles. The minimum Gasteiger partial charge on any atom is -0.490 e. The predicted octanol–water partition coefficient (Wildman–Crippen LogP) is 5.74. The van der Waals surface area contributed by atoms with Crippen molar-refractivity contribution in [2.24, 2.45) is 0 Å². The third kappa shape index (κ3) is 2.43. The average molecular weight is 304 g/mol. The lowest BCUT2D eigenvalue weighted by Gasteiger charge is -2.06. The van der Waals surface area contributed by atoms with Gasteiger partial charge in [-0.1, -0.05) is 31.9 Å². The van der Waals surface area contributed by atoms with Crippen molar-refractivity contribution in [3.8, 4) is 5.75 Å². The molecular formula is C18H18F2O2. The Hall–Kier alpha value is -2.10. The van der Waals surface area contributed by atoms with Gasteiger partial charge in [-0.15, -0.1) is 0 Å². The first-order valence-electron chi connectivity index (χ1n) is 7.56. The quantitative estimate of drug-likeness (QED) is 0.561. The summed E-state index contributed by atoms with van der Waals surface area (Å²) in [5.41, 5.74) is 0.618. The topological polar surface area (TPSA) is 22.4 Å². The Morgan fingerprint density at radius 3 is 2.36 bits per heavy atom. The molecule has 0 N–H and O–H groups in total. The van der Waals surface area contributed by atoms with Crippen LogP contribution in [-0.4, -0.2) is 6.61 Å². The summed E-state index contributed by atoms with van der Waals surface area (Å²) in [6, 6.07) is 6.71. The standard InChI is InChI=1S/C18H18F2O2/c1-3-4-5-10-21-14-9-8-13-12-7-6-11(2)15(19)17(12)22-18(13)16(14)20/h6-9H,3-5,10H2,1-2H3. The van der Waals surface area contributed by atoms with Crippen LogP contribution in [0.5, 0.6) is 5.75 Å². The van der Waals surface area contributed by atoms with Crippen LogP contribution in [0.25, 0.3) is 21.9 Å². The molecule has 3 rings (SSSR count). The minimum atomic E-state index is -0.567. The molecule has 0 aliphatic carbocycles. The molecule has 116 valence electrons. The number of hydrogen-bond donors (Lipinski definition) is 0. The van der Waals surface area contributed by atoms with Gasteiger partial charge >= 0.3 is 0 Å². The first-order chi connectivity index (χ1) is 10.6. The molecule has 0 saturated carbocycles. The fourth-order valence-corrected chi connectivity index (χ4v) is 2.56. The van der Waals surface area contributed by atoms with Crippen molar-refractivity contribution < 1.29 is 17.9 Å². The Kier molecular flexibility index (Phi) is 4.01. The van der Waals surface area contributed by atoms with Gasteiger partial charge in [0.2, 0.25) is 5.82 Å². The Labute approximate surface area is 127 Å². The van der Waals surface area contributed by atoms with Crippen LogP contribution in [0.1, 0.15) is 31.7 Å². The van der Waals surface area contributed by atoms with Crippen molar-refractivity contribution in [1.82, 2.24) is 0 Å². The lowest BCUT2D eigenvalue weighted by molar-refractivity contribution is 0.291. The number of rotatable bonds is 5. The maximum Gasteiger partial charge on any atom is 0.208 e. The van der Waals surface area contributed by atoms with Crippen molar-refractivity contribution in [3.05, 3.63) is 41.5 Å². The first kappa shape index (κ1) is 14.8. The number of aryl methyl sites for hydroxylation is 1. The van der Waals surface area contributed by atoms with Crippen LogP contribution in [0, 0.1) is 18.6 Å². The fraction of sp³-hybridized carbons (Fsp3) is 0.333. The second-order valence-electron chi connectivity index (χ2n) is 5.49. The molecule has 1 aromatic heterocycles. The van der Waals surface area contributed by atoms with Crippen LogP contribution in [0.3, 0.4) is 0 Å². The highest BCUT2D eigenvalue weighted by Crippen LogP contribution is 2.36. The van der Waals surface area contributed by atoms with Gasteiger partial charge in [0.1, 0.15) is 0 Å². The highest BCUT2D eigenvalue weighted by atomic mass is 19.1. The molecule has 0 radical (unpaired) electrons. The molecule has 2 aromatic carbocycles. The zero-order chi connectivity index (χ0) is 15.7. The summed E-state index contributed by atoms with van der Waals surface area (Å²) in [5.74, 6) is -0.861. The third-order valence-corrected chi connectivity index (χ3v) is 3.85. The number of unbranched alkanes of at least 4 members (excludes halogenated alkanes) is 2. The van der Waals surface area contributed by atoms with Gasteiger partial charge in [-0.3, -0.25) is 0 Å². The smallest absolute Gasteiger partial charge is 0.208 e. The van der Waals surface area contributed by atoms with Gasteiger partial charge in [0.25, 0.3) is 0 Å². The summed E-state index contributed by atoms with van der Waals surface area (Å²) in [6.07, 6.45) is 2.99. The molecule has 0 amide bonds. The molecule has 0 fully saturated rings. The van der Waals surface area contributed by atoms with Gasteiger partial charge in [0.05, 0.1) is 6.61 Å². The molecule has 0 aliphatic heterocycles. The van der Waals surface area contributed by atoms with Crippen molar-refractivity contribution in [1.29, 1.82) is 0 Å². The van der Waals surface area contributed by atoms with E-state index in [4.69, 9.17) is 9.15 Å². The monoisotopic (exact) mass is 304 g/mol. The highest BCUT2D eigenvalue weighted by molar-refractivity contribution is 6.05. The van der Waals surface area contributed by atoms with E-state index in [0.29, 0.717) is 22.9 Å². The second-order valence-corrected chi connectivity index (χ2v) is 5.49. The predicted molar refractivity (Wildman–Crippen MR) is 83.4 cm³/mol. The molecule has 0 atom stereocenters. The summed E-state index contributed by atoms with van der Waals surface area (Å²) in [5, 5.41) is 1.14. The molecule has 0 unspecified atom stereocenters. The van der Waals surface area contributed by atoms with E-state index in [1.54, 1.807) is 31.2 Å². The molecule has 4 heteroatoms. The van der Waals surface area contributed by atoms with Gasteiger partial charge in [0, 0.05) is 10.8 Å². The molecule has 0 bridgehead atoms. The summed E-state index contributed by atoms with van der Waals surface area (Å²) < 4.78 is 39.5. The number of fused-ring (bicyclic) bond motifs is 3. The normalized spacial score (nSPS) is 11.5. The van der Waals surface area contributed by atoms with Gasteiger partial charge in [-0.2, -0.15) is 4.39 Å². The molecule has 2 nitrogen and oxygen atoms in total. The molecule has 0 spiro atoms. The minimum absolute atomic E-state index is 0.0486. The molecule has 1 heterocycles. The van der Waals surface area contributed by atoms with Gasteiger partial charge < -0.3 is 9.15 Å². The van der Waals surface area contributed by atoms with E-state index in [1.807, 2.05) is 0 Å². The fourth-order valence-electron chi connectivity index (χ4n) is 2.56. The third-order valence-electron chi connectivity index (χ3n) is 3.85. The number of halogens is 2. The lowest BCUT2D eigenvalue weighted by atomic mass is 10.1. The van der Waals surface area contributed by atoms with Crippen molar-refractivity contribution in [2.75, 3.05) is 6.61 Å². The van der Waals surface area contributed by atoms with Crippen molar-refractivity contribution in [3.63, 3.8) is 0 Å². The van der Waals surface area contributed by atoms with Crippen LogP contribution in [0.2, 0.25) is 0 Å². The van der Waals surface area contributed by atoms with E-state index in [2.05, 4.69) is 6.92 Å². The van der Waals surface area contributed by atoms with Crippen molar-refractivity contribution in [2.45, 2.75) is 33.1 Å². The molecule has 22 heavy (non-hydrogen) atoms. The molecule has 0 aliphatic rings. The lowest BCUT2D eigenvalue weighted by Crippen LogP contribution is -1.99. The Balaban J connectivity index is 2.03. The largest absolute Gasteiger partial charge is 0.490 e. The van der Waals surface area contributed by atoms with Crippen LogP contribution in [0.4, 0.5) is 8.78 Å². The average Bonchev–Trinajstić information content (AvgIpc) is 2.90. The second kappa shape index (κ2) is 5.95. The van der Waals surface area contributed by atoms with E-state index >= 15 is 0 Å². The maximum atomic E-state index is 14.5. The van der Waals surface area contributed by atoms with Gasteiger partial charge in [-0.05, 0) is 31.0 Å². The number of hydrogen-bond acceptors (Lipinski definition) is 2. The zero-order valence-corrected chi connectivity index (χ0v) is 12.7. The van der Waals surface area contributed by atoms with E-state index in [0.717, 1.165) is 19.3 Å². The van der Waals surface area contributed by atoms with E-state index in [9.17, 15) is 8.78 Å². The summed E-state index contributed by atoms with van der Waals surface area (Å²) >= 11 is 0. The zero-order valence-electron chi connectivity index (χ0n) is 12.7. The van der Waals surface area contributed by atoms with Crippen LogP contribution < -0.4 is 4.74 Å².